The molecule has 9 aliphatic rings. The topological polar surface area (TPSA) is 22.9 Å². The van der Waals surface area contributed by atoms with Crippen LogP contribution in [0.2, 0.25) is 0 Å². The van der Waals surface area contributed by atoms with E-state index in [9.17, 15) is 0 Å². The van der Waals surface area contributed by atoms with Gasteiger partial charge in [0.05, 0.1) is 22.7 Å². The maximum absolute atomic E-state index is 6.39. The molecule has 19 aromatic rings. The summed E-state index contributed by atoms with van der Waals surface area (Å²) >= 11 is 0. The first-order valence-corrected chi connectivity index (χ1v) is 47.4. The van der Waals surface area contributed by atoms with Gasteiger partial charge in [0.1, 0.15) is 11.2 Å². The molecule has 6 fully saturated rings. The Morgan fingerprint density at radius 2 is 0.543 bits per heavy atom. The van der Waals surface area contributed by atoms with Crippen molar-refractivity contribution in [3.8, 4) is 66.8 Å². The Labute approximate surface area is 756 Å². The Bertz CT molecular complexity index is 7580. The first kappa shape index (κ1) is 76.0. The molecule has 9 unspecified atom stereocenters. The molecule has 1 aromatic heterocycles. The number of rotatable bonds is 12. The second-order valence-corrected chi connectivity index (χ2v) is 38.3. The molecule has 0 aliphatic heterocycles. The van der Waals surface area contributed by atoms with Crippen molar-refractivity contribution in [1.82, 2.24) is 0 Å². The van der Waals surface area contributed by atoms with E-state index in [-0.39, 0.29) is 16.2 Å². The number of hydrogen-bond donors (Lipinski definition) is 0. The van der Waals surface area contributed by atoms with E-state index in [2.05, 4.69) is 427 Å². The van der Waals surface area contributed by atoms with Gasteiger partial charge >= 0.3 is 0 Å². The summed E-state index contributed by atoms with van der Waals surface area (Å²) in [5.74, 6) is 4.82. The molecule has 4 heteroatoms. The zero-order chi connectivity index (χ0) is 84.9. The molecule has 0 radical (unpaired) electrons. The normalized spacial score (nSPS) is 21.4. The lowest BCUT2D eigenvalue weighted by atomic mass is 9.67. The van der Waals surface area contributed by atoms with Crippen LogP contribution in [0.5, 0.6) is 0 Å². The van der Waals surface area contributed by atoms with Gasteiger partial charge in [0.25, 0.3) is 0 Å². The highest BCUT2D eigenvalue weighted by molar-refractivity contribution is 6.11. The molecule has 4 nitrogen and oxygen atoms in total. The van der Waals surface area contributed by atoms with Gasteiger partial charge in [-0.1, -0.05) is 347 Å². The van der Waals surface area contributed by atoms with Gasteiger partial charge in [-0.15, -0.1) is 0 Å². The van der Waals surface area contributed by atoms with Gasteiger partial charge in [-0.25, -0.2) is 0 Å². The molecule has 9 aliphatic carbocycles. The summed E-state index contributed by atoms with van der Waals surface area (Å²) in [5.41, 5.74) is 38.5. The fourth-order valence-electron chi connectivity index (χ4n) is 27.2. The van der Waals surface area contributed by atoms with Crippen LogP contribution in [0, 0.1) is 35.5 Å². The van der Waals surface area contributed by atoms with Gasteiger partial charge in [0.15, 0.2) is 0 Å². The van der Waals surface area contributed by atoms with Gasteiger partial charge in [0, 0.05) is 83.1 Å². The molecule has 1 heterocycles. The van der Waals surface area contributed by atoms with E-state index in [1.165, 1.54) is 200 Å². The zero-order valence-corrected chi connectivity index (χ0v) is 72.5. The van der Waals surface area contributed by atoms with Crippen molar-refractivity contribution in [2.45, 2.75) is 93.3 Å². The summed E-state index contributed by atoms with van der Waals surface area (Å²) in [5, 5.41) is 7.43. The molecular formula is C125H99N3O. The molecular weight excluding hydrogens is 1560 g/mol. The number of furan rings is 1. The summed E-state index contributed by atoms with van der Waals surface area (Å²) in [4.78, 5) is 7.47. The molecule has 28 rings (SSSR count). The largest absolute Gasteiger partial charge is 0.455 e. The lowest BCUT2D eigenvalue weighted by molar-refractivity contribution is 0.327. The summed E-state index contributed by atoms with van der Waals surface area (Å²) < 4.78 is 6.39. The highest BCUT2D eigenvalue weighted by Gasteiger charge is 2.60. The van der Waals surface area contributed by atoms with Crippen molar-refractivity contribution in [3.05, 3.63) is 452 Å². The molecule has 9 atom stereocenters. The molecule has 3 spiro atoms. The van der Waals surface area contributed by atoms with E-state index < -0.39 is 0 Å². The second-order valence-electron chi connectivity index (χ2n) is 38.3. The molecule has 620 valence electrons. The Hall–Kier alpha value is -14.3. The maximum atomic E-state index is 6.39. The first-order chi connectivity index (χ1) is 63.9. The standard InChI is InChI=1S/C43H33NO.2C41H33N/c1-2-10-31(11-3-1)44(32-24-21-29(22-25-32)33-14-8-15-35-34-12-5-7-19-40(34)45-42(33)35)39-18-9-17-38-41(39)36-13-4-6-16-37(36)43(38)27-28-20-23-30(43)26-28;1-3-12-29(13-4-1)32-24-25-38(34-17-8-7-16-33(32)34)42(31-14-5-2-6-15-31)39-21-11-20-37-40(39)35-18-9-10-19-36(35)41(37)27-28-22-23-30(41)26-28;1-2-12-32(13-3-1)42(33-24-21-30(22-25-33)35-16-8-11-29-10-4-5-14-34(29)35)39-19-9-18-38-40(39)36-15-6-7-17-37(36)41(38)27-28-20-23-31(41)26-28/h1-19,21-22,24-25,28,30H,20,23,26-27H2;1-21,24-25,28,30H,22-23,26-27H2;1-19,21-22,24-25,28,31H,20,23,26-27H2. The minimum Gasteiger partial charge on any atom is -0.455 e. The fraction of sp³-hybridized carbons (Fsp3) is 0.168. The average Bonchev–Trinajstić information content (AvgIpc) is 1.54. The average molecular weight is 1660 g/mol. The third-order valence-electron chi connectivity index (χ3n) is 32.2. The fourth-order valence-corrected chi connectivity index (χ4v) is 27.2. The Morgan fingerprint density at radius 1 is 0.209 bits per heavy atom. The molecule has 129 heavy (non-hydrogen) atoms. The number of benzene rings is 18. The second kappa shape index (κ2) is 30.5. The predicted octanol–water partition coefficient (Wildman–Crippen LogP) is 33.9. The van der Waals surface area contributed by atoms with E-state index >= 15 is 0 Å². The molecule has 6 bridgehead atoms. The van der Waals surface area contributed by atoms with Crippen LogP contribution >= 0.6 is 0 Å². The van der Waals surface area contributed by atoms with Crippen molar-refractivity contribution in [3.63, 3.8) is 0 Å². The first-order valence-electron chi connectivity index (χ1n) is 47.4. The van der Waals surface area contributed by atoms with Gasteiger partial charge < -0.3 is 19.1 Å². The third-order valence-corrected chi connectivity index (χ3v) is 32.2. The molecule has 0 amide bonds. The van der Waals surface area contributed by atoms with E-state index in [1.807, 2.05) is 6.07 Å². The quantitative estimate of drug-likeness (QED) is 0.122. The number of anilines is 9. The number of para-hydroxylation sites is 5. The van der Waals surface area contributed by atoms with Crippen LogP contribution < -0.4 is 14.7 Å². The highest BCUT2D eigenvalue weighted by atomic mass is 16.3. The minimum atomic E-state index is 0.155. The van der Waals surface area contributed by atoms with E-state index in [1.54, 1.807) is 33.4 Å². The van der Waals surface area contributed by atoms with Gasteiger partial charge in [-0.3, -0.25) is 0 Å². The summed E-state index contributed by atoms with van der Waals surface area (Å²) in [6.07, 6.45) is 16.3. The number of nitrogens with zero attached hydrogens (tertiary/aromatic N) is 3. The smallest absolute Gasteiger partial charge is 0.143 e. The van der Waals surface area contributed by atoms with Gasteiger partial charge in [0.2, 0.25) is 0 Å². The van der Waals surface area contributed by atoms with Crippen molar-refractivity contribution in [2.75, 3.05) is 14.7 Å². The van der Waals surface area contributed by atoms with Crippen LogP contribution in [0.4, 0.5) is 51.2 Å². The Morgan fingerprint density at radius 3 is 1.02 bits per heavy atom. The maximum Gasteiger partial charge on any atom is 0.143 e. The van der Waals surface area contributed by atoms with Crippen molar-refractivity contribution in [1.29, 1.82) is 0 Å². The molecule has 18 aromatic carbocycles. The molecule has 0 N–H and O–H groups in total. The van der Waals surface area contributed by atoms with Crippen LogP contribution in [0.1, 0.15) is 110 Å². The minimum absolute atomic E-state index is 0.155. The van der Waals surface area contributed by atoms with E-state index in [0.29, 0.717) is 0 Å². The number of fused-ring (bicyclic) bond motifs is 29. The van der Waals surface area contributed by atoms with Crippen LogP contribution in [0.15, 0.2) is 423 Å². The summed E-state index contributed by atoms with van der Waals surface area (Å²) in [6, 6.07) is 155. The lowest BCUT2D eigenvalue weighted by Crippen LogP contribution is -2.31. The van der Waals surface area contributed by atoms with Crippen LogP contribution in [0.3, 0.4) is 0 Å². The lowest BCUT2D eigenvalue weighted by Gasteiger charge is -2.37. The van der Waals surface area contributed by atoms with Gasteiger partial charge in [-0.2, -0.15) is 0 Å². The SMILES string of the molecule is c1ccc(-c2ccc(N(c3ccccc3)c3cccc4c3-c3ccccc3C43CC4CCC3C4)c3ccccc23)cc1.c1ccc(N(c2ccc(-c3cccc4c3oc3ccccc34)cc2)c2cccc3c2-c2ccccc2C32CC3CCC2C3)cc1.c1ccc(N(c2ccc(-c3cccc4ccccc34)cc2)c2cccc3c2-c2ccccc2C32CC3CCC2C3)cc1. The highest BCUT2D eigenvalue weighted by Crippen LogP contribution is 2.71. The van der Waals surface area contributed by atoms with Crippen LogP contribution in [0.25, 0.3) is 110 Å². The Balaban J connectivity index is 0.000000102. The van der Waals surface area contributed by atoms with Crippen molar-refractivity contribution in [2.24, 2.45) is 35.5 Å². The predicted molar refractivity (Wildman–Crippen MR) is 537 cm³/mol. The summed E-state index contributed by atoms with van der Waals surface area (Å²) in [6.45, 7) is 0. The molecule has 6 saturated carbocycles. The van der Waals surface area contributed by atoms with E-state index in [4.69, 9.17) is 4.42 Å². The van der Waals surface area contributed by atoms with Crippen LogP contribution in [-0.2, 0) is 16.2 Å². The summed E-state index contributed by atoms with van der Waals surface area (Å²) in [7, 11) is 0. The Kier molecular flexibility index (Phi) is 17.9. The van der Waals surface area contributed by atoms with E-state index in [0.717, 1.165) is 74.3 Å². The molecule has 0 saturated heterocycles. The zero-order valence-electron chi connectivity index (χ0n) is 72.5. The third kappa shape index (κ3) is 11.8. The van der Waals surface area contributed by atoms with Crippen molar-refractivity contribution >= 4 is 94.7 Å². The van der Waals surface area contributed by atoms with Crippen molar-refractivity contribution < 1.29 is 4.42 Å². The van der Waals surface area contributed by atoms with Gasteiger partial charge in [-0.05, 0) is 278 Å². The van der Waals surface area contributed by atoms with Crippen LogP contribution in [-0.4, -0.2) is 0 Å². The monoisotopic (exact) mass is 1660 g/mol. The number of hydrogen-bond acceptors (Lipinski definition) is 4.